The van der Waals surface area contributed by atoms with Gasteiger partial charge in [-0.05, 0) is 59.7 Å². The number of benzene rings is 1. The SMILES string of the molecule is COC/C(=N\c1ccc(-c2ccc(F)cc2)nc1NCc1cccnc1)NCc1cccnc1. The molecule has 0 saturated heterocycles. The number of hydrogen-bond donors (Lipinski definition) is 2. The molecular formula is C26H25FN6O. The highest BCUT2D eigenvalue weighted by Crippen LogP contribution is 2.28. The van der Waals surface area contributed by atoms with Crippen LogP contribution < -0.4 is 10.6 Å². The van der Waals surface area contributed by atoms with Crippen LogP contribution >= 0.6 is 0 Å². The molecule has 0 saturated carbocycles. The highest BCUT2D eigenvalue weighted by Gasteiger charge is 2.10. The number of methoxy groups -OCH3 is 1. The van der Waals surface area contributed by atoms with Crippen molar-refractivity contribution in [2.75, 3.05) is 19.0 Å². The Morgan fingerprint density at radius 2 is 1.62 bits per heavy atom. The van der Waals surface area contributed by atoms with Crippen molar-refractivity contribution in [2.24, 2.45) is 4.99 Å². The summed E-state index contributed by atoms with van der Waals surface area (Å²) in [7, 11) is 1.62. The van der Waals surface area contributed by atoms with Crippen LogP contribution in [0.1, 0.15) is 11.1 Å². The molecule has 2 N–H and O–H groups in total. The summed E-state index contributed by atoms with van der Waals surface area (Å²) >= 11 is 0. The summed E-state index contributed by atoms with van der Waals surface area (Å²) in [6.45, 7) is 1.40. The van der Waals surface area contributed by atoms with Crippen LogP contribution in [0.4, 0.5) is 15.9 Å². The Bertz CT molecular complexity index is 1220. The van der Waals surface area contributed by atoms with Gasteiger partial charge in [0.05, 0.1) is 5.69 Å². The fourth-order valence-corrected chi connectivity index (χ4v) is 3.25. The van der Waals surface area contributed by atoms with E-state index in [1.165, 1.54) is 12.1 Å². The van der Waals surface area contributed by atoms with Crippen molar-refractivity contribution in [3.8, 4) is 11.3 Å². The van der Waals surface area contributed by atoms with Gasteiger partial charge in [-0.25, -0.2) is 14.4 Å². The summed E-state index contributed by atoms with van der Waals surface area (Å²) in [5.41, 5.74) is 4.22. The summed E-state index contributed by atoms with van der Waals surface area (Å²) in [5, 5.41) is 6.68. The number of pyridine rings is 3. The Hall–Kier alpha value is -4.17. The minimum absolute atomic E-state index is 0.288. The molecule has 0 aliphatic rings. The molecule has 7 nitrogen and oxygen atoms in total. The Balaban J connectivity index is 1.63. The van der Waals surface area contributed by atoms with Gasteiger partial charge in [-0.3, -0.25) is 9.97 Å². The highest BCUT2D eigenvalue weighted by atomic mass is 19.1. The lowest BCUT2D eigenvalue weighted by Crippen LogP contribution is -2.27. The maximum absolute atomic E-state index is 13.4. The Morgan fingerprint density at radius 1 is 0.912 bits per heavy atom. The zero-order chi connectivity index (χ0) is 23.6. The van der Waals surface area contributed by atoms with Gasteiger partial charge in [0.1, 0.15) is 23.9 Å². The third kappa shape index (κ3) is 6.43. The number of aliphatic imine (C=N–C) groups is 1. The number of amidine groups is 1. The van der Waals surface area contributed by atoms with Crippen LogP contribution in [0.3, 0.4) is 0 Å². The molecule has 0 fully saturated rings. The minimum Gasteiger partial charge on any atom is -0.377 e. The lowest BCUT2D eigenvalue weighted by Gasteiger charge is -2.13. The number of hydrogen-bond acceptors (Lipinski definition) is 6. The lowest BCUT2D eigenvalue weighted by molar-refractivity contribution is 0.242. The Kier molecular flexibility index (Phi) is 7.86. The molecule has 3 aromatic heterocycles. The van der Waals surface area contributed by atoms with E-state index in [0.717, 1.165) is 16.7 Å². The van der Waals surface area contributed by atoms with Crippen LogP contribution in [0, 0.1) is 5.82 Å². The summed E-state index contributed by atoms with van der Waals surface area (Å²) in [5.74, 6) is 0.971. The first-order valence-corrected chi connectivity index (χ1v) is 10.8. The van der Waals surface area contributed by atoms with Crippen molar-refractivity contribution in [3.05, 3.63) is 102 Å². The van der Waals surface area contributed by atoms with E-state index in [-0.39, 0.29) is 5.82 Å². The largest absolute Gasteiger partial charge is 0.377 e. The summed E-state index contributed by atoms with van der Waals surface area (Å²) in [4.78, 5) is 17.9. The number of rotatable bonds is 9. The Morgan fingerprint density at radius 3 is 2.26 bits per heavy atom. The van der Waals surface area contributed by atoms with Gasteiger partial charge in [0, 0.05) is 50.6 Å². The predicted octanol–water partition coefficient (Wildman–Crippen LogP) is 4.76. The highest BCUT2D eigenvalue weighted by molar-refractivity contribution is 5.87. The van der Waals surface area contributed by atoms with Crippen molar-refractivity contribution >= 4 is 17.3 Å². The van der Waals surface area contributed by atoms with Crippen LogP contribution in [0.25, 0.3) is 11.3 Å². The average molecular weight is 457 g/mol. The van der Waals surface area contributed by atoms with Crippen LogP contribution in [-0.4, -0.2) is 34.5 Å². The first kappa shape index (κ1) is 23.0. The maximum atomic E-state index is 13.4. The van der Waals surface area contributed by atoms with Crippen LogP contribution in [0.15, 0.2) is 90.4 Å². The van der Waals surface area contributed by atoms with E-state index < -0.39 is 0 Å². The molecule has 3 heterocycles. The average Bonchev–Trinajstić information content (AvgIpc) is 2.88. The zero-order valence-corrected chi connectivity index (χ0v) is 18.8. The van der Waals surface area contributed by atoms with Crippen LogP contribution in [0.2, 0.25) is 0 Å². The van der Waals surface area contributed by atoms with Crippen molar-refractivity contribution in [3.63, 3.8) is 0 Å². The van der Waals surface area contributed by atoms with E-state index in [1.807, 2.05) is 36.4 Å². The van der Waals surface area contributed by atoms with Gasteiger partial charge in [0.25, 0.3) is 0 Å². The van der Waals surface area contributed by atoms with E-state index >= 15 is 0 Å². The number of ether oxygens (including phenoxy) is 1. The third-order valence-corrected chi connectivity index (χ3v) is 4.95. The minimum atomic E-state index is -0.288. The lowest BCUT2D eigenvalue weighted by atomic mass is 10.1. The molecule has 34 heavy (non-hydrogen) atoms. The topological polar surface area (TPSA) is 84.3 Å². The molecule has 0 spiro atoms. The molecule has 1 aromatic carbocycles. The van der Waals surface area contributed by atoms with Gasteiger partial charge in [0.2, 0.25) is 0 Å². The molecule has 4 rings (SSSR count). The number of nitrogens with one attached hydrogen (secondary N) is 2. The smallest absolute Gasteiger partial charge is 0.153 e. The quantitative estimate of drug-likeness (QED) is 0.279. The molecule has 4 aromatic rings. The number of nitrogens with zero attached hydrogens (tertiary/aromatic N) is 4. The molecule has 0 aliphatic heterocycles. The molecule has 0 unspecified atom stereocenters. The molecule has 0 atom stereocenters. The second kappa shape index (κ2) is 11.6. The monoisotopic (exact) mass is 456 g/mol. The standard InChI is InChI=1S/C26H25FN6O/c1-34-18-25(30-16-19-4-2-12-28-14-19)32-24-11-10-23(21-6-8-22(27)9-7-21)33-26(24)31-17-20-5-3-13-29-15-20/h2-15H,16-18H2,1H3,(H,30,32)(H,31,33). The second-order valence-electron chi connectivity index (χ2n) is 7.49. The number of aromatic nitrogens is 3. The van der Waals surface area contributed by atoms with Crippen molar-refractivity contribution in [1.82, 2.24) is 20.3 Å². The van der Waals surface area contributed by atoms with Crippen LogP contribution in [0.5, 0.6) is 0 Å². The van der Waals surface area contributed by atoms with Gasteiger partial charge in [-0.15, -0.1) is 0 Å². The van der Waals surface area contributed by atoms with E-state index in [4.69, 9.17) is 14.7 Å². The summed E-state index contributed by atoms with van der Waals surface area (Å²) in [6.07, 6.45) is 7.07. The fraction of sp³-hybridized carbons (Fsp3) is 0.154. The predicted molar refractivity (Wildman–Crippen MR) is 131 cm³/mol. The molecule has 172 valence electrons. The van der Waals surface area contributed by atoms with E-state index in [1.54, 1.807) is 44.0 Å². The molecular weight excluding hydrogens is 431 g/mol. The first-order chi connectivity index (χ1) is 16.7. The number of anilines is 1. The zero-order valence-electron chi connectivity index (χ0n) is 18.8. The molecule has 0 amide bonds. The van der Waals surface area contributed by atoms with Gasteiger partial charge in [-0.2, -0.15) is 0 Å². The number of halogens is 1. The normalized spacial score (nSPS) is 11.3. The van der Waals surface area contributed by atoms with Gasteiger partial charge < -0.3 is 15.4 Å². The first-order valence-electron chi connectivity index (χ1n) is 10.8. The Labute approximate surface area is 197 Å². The van der Waals surface area contributed by atoms with E-state index in [2.05, 4.69) is 20.6 Å². The molecule has 0 bridgehead atoms. The van der Waals surface area contributed by atoms with Crippen LogP contribution in [-0.2, 0) is 17.8 Å². The van der Waals surface area contributed by atoms with Gasteiger partial charge in [0.15, 0.2) is 5.82 Å². The summed E-state index contributed by atoms with van der Waals surface area (Å²) in [6, 6.07) is 17.8. The van der Waals surface area contributed by atoms with Gasteiger partial charge >= 0.3 is 0 Å². The maximum Gasteiger partial charge on any atom is 0.153 e. The molecule has 0 radical (unpaired) electrons. The van der Waals surface area contributed by atoms with Crippen molar-refractivity contribution in [1.29, 1.82) is 0 Å². The third-order valence-electron chi connectivity index (χ3n) is 4.95. The van der Waals surface area contributed by atoms with E-state index in [0.29, 0.717) is 42.7 Å². The van der Waals surface area contributed by atoms with Gasteiger partial charge in [-0.1, -0.05) is 12.1 Å². The fourth-order valence-electron chi connectivity index (χ4n) is 3.25. The van der Waals surface area contributed by atoms with E-state index in [9.17, 15) is 4.39 Å². The summed E-state index contributed by atoms with van der Waals surface area (Å²) < 4.78 is 18.7. The van der Waals surface area contributed by atoms with Crippen molar-refractivity contribution < 1.29 is 9.13 Å². The molecule has 0 aliphatic carbocycles. The van der Waals surface area contributed by atoms with Crippen molar-refractivity contribution in [2.45, 2.75) is 13.1 Å². The molecule has 8 heteroatoms. The second-order valence-corrected chi connectivity index (χ2v) is 7.49.